The lowest BCUT2D eigenvalue weighted by atomic mass is 10.1. The predicted molar refractivity (Wildman–Crippen MR) is 119 cm³/mol. The van der Waals surface area contributed by atoms with Crippen LogP contribution in [0.5, 0.6) is 5.75 Å². The highest BCUT2D eigenvalue weighted by atomic mass is 16.3. The number of phenolic OH excluding ortho intramolecular Hbond substituents is 1. The van der Waals surface area contributed by atoms with Crippen LogP contribution in [-0.2, 0) is 0 Å². The summed E-state index contributed by atoms with van der Waals surface area (Å²) in [5.74, 6) is 2.94. The van der Waals surface area contributed by atoms with Gasteiger partial charge in [-0.15, -0.1) is 6.42 Å². The number of piperazine rings is 1. The number of aromatic hydroxyl groups is 1. The second-order valence-electron chi connectivity index (χ2n) is 7.70. The van der Waals surface area contributed by atoms with Crippen LogP contribution in [0.1, 0.15) is 24.1 Å². The van der Waals surface area contributed by atoms with E-state index in [0.717, 1.165) is 31.6 Å². The fraction of sp³-hybridized carbons (Fsp3) is 0.261. The smallest absolute Gasteiger partial charge is 0.124 e. The molecule has 1 aromatic heterocycles. The van der Waals surface area contributed by atoms with Crippen molar-refractivity contribution in [1.82, 2.24) is 9.88 Å². The molecule has 2 aliphatic rings. The maximum atomic E-state index is 10.1. The second kappa shape index (κ2) is 7.91. The van der Waals surface area contributed by atoms with Gasteiger partial charge in [0.25, 0.3) is 0 Å². The third kappa shape index (κ3) is 3.60. The molecule has 1 aromatic carbocycles. The van der Waals surface area contributed by atoms with Gasteiger partial charge in [0.05, 0.1) is 5.70 Å². The summed E-state index contributed by atoms with van der Waals surface area (Å²) in [6.45, 7) is 1.53. The molecule has 0 saturated carbocycles. The normalized spacial score (nSPS) is 20.7. The first-order valence-electron chi connectivity index (χ1n) is 9.94. The van der Waals surface area contributed by atoms with Crippen LogP contribution in [0.2, 0.25) is 0 Å². The SMILES string of the molecule is C#Cc1cc(N2C3CCC2CN(C(/C=C(\N)c2ccccc2O)=C(N)N)C3)ccn1. The minimum atomic E-state index is 0.119. The van der Waals surface area contributed by atoms with E-state index in [0.29, 0.717) is 34.7 Å². The Hall–Kier alpha value is -3.79. The molecule has 2 aliphatic heterocycles. The van der Waals surface area contributed by atoms with Crippen LogP contribution in [0.15, 0.2) is 60.2 Å². The maximum absolute atomic E-state index is 10.1. The zero-order chi connectivity index (χ0) is 21.3. The molecule has 0 aliphatic carbocycles. The van der Waals surface area contributed by atoms with E-state index in [-0.39, 0.29) is 11.6 Å². The Bertz CT molecular complexity index is 1040. The Kier molecular flexibility index (Phi) is 5.15. The maximum Gasteiger partial charge on any atom is 0.124 e. The van der Waals surface area contributed by atoms with Crippen molar-refractivity contribution in [2.75, 3.05) is 18.0 Å². The number of nitrogens with zero attached hydrogens (tertiary/aromatic N) is 3. The highest BCUT2D eigenvalue weighted by molar-refractivity contribution is 5.70. The number of allylic oxidation sites excluding steroid dienone is 1. The molecule has 2 unspecified atom stereocenters. The summed E-state index contributed by atoms with van der Waals surface area (Å²) in [7, 11) is 0. The topological polar surface area (TPSA) is 118 Å². The van der Waals surface area contributed by atoms with E-state index in [1.165, 1.54) is 0 Å². The summed E-state index contributed by atoms with van der Waals surface area (Å²) >= 11 is 0. The number of pyridine rings is 1. The molecule has 2 saturated heterocycles. The van der Waals surface area contributed by atoms with Crippen molar-refractivity contribution in [3.05, 3.63) is 71.4 Å². The first-order chi connectivity index (χ1) is 14.5. The second-order valence-corrected chi connectivity index (χ2v) is 7.70. The monoisotopic (exact) mass is 402 g/mol. The van der Waals surface area contributed by atoms with Gasteiger partial charge in [0.1, 0.15) is 17.3 Å². The molecule has 2 aromatic rings. The fourth-order valence-corrected chi connectivity index (χ4v) is 4.48. The number of benzene rings is 1. The van der Waals surface area contributed by atoms with Gasteiger partial charge in [-0.3, -0.25) is 0 Å². The lowest BCUT2D eigenvalue weighted by Crippen LogP contribution is -2.53. The van der Waals surface area contributed by atoms with Crippen molar-refractivity contribution in [3.63, 3.8) is 0 Å². The van der Waals surface area contributed by atoms with Crippen LogP contribution >= 0.6 is 0 Å². The number of aromatic nitrogens is 1. The number of nitrogens with two attached hydrogens (primary N) is 3. The molecule has 3 heterocycles. The number of para-hydroxylation sites is 1. The summed E-state index contributed by atoms with van der Waals surface area (Å²) in [6, 6.07) is 11.5. The predicted octanol–water partition coefficient (Wildman–Crippen LogP) is 1.51. The highest BCUT2D eigenvalue weighted by Gasteiger charge is 2.40. The van der Waals surface area contributed by atoms with Gasteiger partial charge in [-0.2, -0.15) is 0 Å². The summed E-state index contributed by atoms with van der Waals surface area (Å²) in [4.78, 5) is 8.82. The third-order valence-electron chi connectivity index (χ3n) is 5.82. The molecule has 2 fully saturated rings. The molecule has 2 bridgehead atoms. The van der Waals surface area contributed by atoms with E-state index in [4.69, 9.17) is 23.6 Å². The Balaban J connectivity index is 1.60. The number of phenols is 1. The first-order valence-corrected chi connectivity index (χ1v) is 9.94. The Morgan fingerprint density at radius 2 is 1.83 bits per heavy atom. The summed E-state index contributed by atoms with van der Waals surface area (Å²) in [5.41, 5.74) is 21.7. The standard InChI is InChI=1S/C23H26N6O/c1-2-15-11-16(9-10-27-15)29-17-7-8-18(29)14-28(13-17)21(23(25)26)12-20(24)19-5-3-4-6-22(19)30/h1,3-6,9-12,17-18,30H,7-8,13-14,24-26H2/b20-12-. The van der Waals surface area contributed by atoms with Crippen molar-refractivity contribution in [2.24, 2.45) is 17.2 Å². The lowest BCUT2D eigenvalue weighted by molar-refractivity contribution is 0.277. The third-order valence-corrected chi connectivity index (χ3v) is 5.82. The number of rotatable bonds is 4. The van der Waals surface area contributed by atoms with E-state index in [1.807, 2.05) is 18.2 Å². The number of anilines is 1. The van der Waals surface area contributed by atoms with Crippen LogP contribution in [0.4, 0.5) is 5.69 Å². The number of hydrogen-bond donors (Lipinski definition) is 4. The van der Waals surface area contributed by atoms with E-state index in [1.54, 1.807) is 30.5 Å². The average molecular weight is 403 g/mol. The zero-order valence-electron chi connectivity index (χ0n) is 16.7. The first kappa shape index (κ1) is 19.5. The molecular weight excluding hydrogens is 376 g/mol. The molecule has 0 amide bonds. The fourth-order valence-electron chi connectivity index (χ4n) is 4.48. The van der Waals surface area contributed by atoms with Gasteiger partial charge in [0.15, 0.2) is 0 Å². The van der Waals surface area contributed by atoms with E-state index in [2.05, 4.69) is 20.7 Å². The number of fused-ring (bicyclic) bond motifs is 2. The van der Waals surface area contributed by atoms with Gasteiger partial charge in [0, 0.05) is 48.3 Å². The van der Waals surface area contributed by atoms with Crippen molar-refractivity contribution < 1.29 is 5.11 Å². The van der Waals surface area contributed by atoms with Crippen LogP contribution in [0, 0.1) is 12.3 Å². The lowest BCUT2D eigenvalue weighted by Gasteiger charge is -2.44. The van der Waals surface area contributed by atoms with Gasteiger partial charge in [-0.1, -0.05) is 18.1 Å². The average Bonchev–Trinajstić information content (AvgIpc) is 3.01. The van der Waals surface area contributed by atoms with Gasteiger partial charge in [0.2, 0.25) is 0 Å². The number of terminal acetylenes is 1. The Morgan fingerprint density at radius 3 is 2.47 bits per heavy atom. The molecule has 2 atom stereocenters. The molecule has 0 radical (unpaired) electrons. The van der Waals surface area contributed by atoms with E-state index < -0.39 is 0 Å². The van der Waals surface area contributed by atoms with Gasteiger partial charge in [-0.05, 0) is 43.2 Å². The largest absolute Gasteiger partial charge is 0.507 e. The van der Waals surface area contributed by atoms with E-state index >= 15 is 0 Å². The van der Waals surface area contributed by atoms with Crippen LogP contribution in [0.3, 0.4) is 0 Å². The van der Waals surface area contributed by atoms with Crippen molar-refractivity contribution in [2.45, 2.75) is 24.9 Å². The molecule has 7 N–H and O–H groups in total. The summed E-state index contributed by atoms with van der Waals surface area (Å²) in [6.07, 6.45) is 11.2. The van der Waals surface area contributed by atoms with Gasteiger partial charge < -0.3 is 32.1 Å². The van der Waals surface area contributed by atoms with E-state index in [9.17, 15) is 5.11 Å². The minimum Gasteiger partial charge on any atom is -0.507 e. The van der Waals surface area contributed by atoms with Crippen LogP contribution < -0.4 is 22.1 Å². The number of likely N-dealkylation sites (tertiary alicyclic amines) is 1. The molecule has 0 spiro atoms. The Morgan fingerprint density at radius 1 is 1.13 bits per heavy atom. The molecule has 4 rings (SSSR count). The quantitative estimate of drug-likeness (QED) is 0.452. The molecular formula is C23H26N6O. The zero-order valence-corrected chi connectivity index (χ0v) is 16.7. The van der Waals surface area contributed by atoms with Crippen LogP contribution in [0.25, 0.3) is 5.70 Å². The minimum absolute atomic E-state index is 0.119. The van der Waals surface area contributed by atoms with Crippen molar-refractivity contribution in [3.8, 4) is 18.1 Å². The van der Waals surface area contributed by atoms with Crippen LogP contribution in [-0.4, -0.2) is 40.2 Å². The molecule has 154 valence electrons. The highest BCUT2D eigenvalue weighted by Crippen LogP contribution is 2.36. The Labute approximate surface area is 176 Å². The molecule has 30 heavy (non-hydrogen) atoms. The van der Waals surface area contributed by atoms with Crippen molar-refractivity contribution >= 4 is 11.4 Å². The summed E-state index contributed by atoms with van der Waals surface area (Å²) in [5, 5.41) is 10.1. The molecule has 7 heteroatoms. The molecule has 7 nitrogen and oxygen atoms in total. The van der Waals surface area contributed by atoms with Gasteiger partial charge >= 0.3 is 0 Å². The van der Waals surface area contributed by atoms with Crippen molar-refractivity contribution in [1.29, 1.82) is 0 Å². The number of hydrogen-bond acceptors (Lipinski definition) is 7. The summed E-state index contributed by atoms with van der Waals surface area (Å²) < 4.78 is 0. The van der Waals surface area contributed by atoms with Gasteiger partial charge in [-0.25, -0.2) is 4.98 Å².